The van der Waals surface area contributed by atoms with Crippen molar-refractivity contribution in [2.24, 2.45) is 0 Å². The van der Waals surface area contributed by atoms with E-state index >= 15 is 0 Å². The van der Waals surface area contributed by atoms with Crippen LogP contribution in [0.25, 0.3) is 0 Å². The van der Waals surface area contributed by atoms with Crippen LogP contribution in [0.2, 0.25) is 0 Å². The van der Waals surface area contributed by atoms with Crippen molar-refractivity contribution in [3.8, 4) is 5.75 Å². The molecule has 2 nitrogen and oxygen atoms in total. The molecule has 1 fully saturated rings. The number of rotatable bonds is 2. The van der Waals surface area contributed by atoms with Crippen LogP contribution in [0, 0.1) is 0 Å². The Morgan fingerprint density at radius 3 is 2.57 bits per heavy atom. The van der Waals surface area contributed by atoms with E-state index in [1.54, 1.807) is 0 Å². The summed E-state index contributed by atoms with van der Waals surface area (Å²) >= 11 is 0. The summed E-state index contributed by atoms with van der Waals surface area (Å²) in [5, 5.41) is 9.84. The highest BCUT2D eigenvalue weighted by molar-refractivity contribution is 5.59. The second kappa shape index (κ2) is 3.91. The lowest BCUT2D eigenvalue weighted by atomic mass is 10.1. The number of hydrogen-bond donors (Lipinski definition) is 1. The van der Waals surface area contributed by atoms with E-state index in [1.165, 1.54) is 18.4 Å². The van der Waals surface area contributed by atoms with Crippen molar-refractivity contribution in [3.05, 3.63) is 23.8 Å². The molecule has 76 valence electrons. The first kappa shape index (κ1) is 9.38. The molecule has 1 heterocycles. The molecular weight excluding hydrogens is 174 g/mol. The zero-order chi connectivity index (χ0) is 9.97. The van der Waals surface area contributed by atoms with Crippen molar-refractivity contribution in [1.82, 2.24) is 0 Å². The van der Waals surface area contributed by atoms with E-state index in [-0.39, 0.29) is 0 Å². The van der Waals surface area contributed by atoms with Gasteiger partial charge in [-0.1, -0.05) is 13.0 Å². The van der Waals surface area contributed by atoms with E-state index in [2.05, 4.69) is 17.9 Å². The Kier molecular flexibility index (Phi) is 2.62. The molecule has 1 aliphatic heterocycles. The number of aromatic hydroxyl groups is 1. The SMILES string of the molecule is CCc1ccc(N2CCCC2)c(O)c1. The predicted octanol–water partition coefficient (Wildman–Crippen LogP) is 2.55. The van der Waals surface area contributed by atoms with E-state index in [9.17, 15) is 5.11 Å². The average molecular weight is 191 g/mol. The largest absolute Gasteiger partial charge is 0.506 e. The van der Waals surface area contributed by atoms with Crippen LogP contribution in [0.5, 0.6) is 5.75 Å². The number of anilines is 1. The first-order valence-electron chi connectivity index (χ1n) is 5.38. The van der Waals surface area contributed by atoms with Gasteiger partial charge in [0.05, 0.1) is 5.69 Å². The van der Waals surface area contributed by atoms with Gasteiger partial charge in [-0.05, 0) is 37.0 Å². The summed E-state index contributed by atoms with van der Waals surface area (Å²) in [5.41, 5.74) is 2.20. The standard InChI is InChI=1S/C12H17NO/c1-2-10-5-6-11(12(14)9-10)13-7-3-4-8-13/h5-6,9,14H,2-4,7-8H2,1H3. The second-order valence-corrected chi connectivity index (χ2v) is 3.87. The molecule has 1 N–H and O–H groups in total. The molecule has 2 heteroatoms. The summed E-state index contributed by atoms with van der Waals surface area (Å²) < 4.78 is 0. The lowest BCUT2D eigenvalue weighted by Crippen LogP contribution is -2.17. The average Bonchev–Trinajstić information content (AvgIpc) is 2.70. The summed E-state index contributed by atoms with van der Waals surface area (Å²) in [6.07, 6.45) is 3.47. The third-order valence-corrected chi connectivity index (χ3v) is 2.89. The maximum Gasteiger partial charge on any atom is 0.139 e. The van der Waals surface area contributed by atoms with Crippen LogP contribution in [-0.2, 0) is 6.42 Å². The minimum atomic E-state index is 0.436. The Labute approximate surface area is 85.2 Å². The summed E-state index contributed by atoms with van der Waals surface area (Å²) in [6, 6.07) is 6.03. The van der Waals surface area contributed by atoms with Crippen LogP contribution in [0.4, 0.5) is 5.69 Å². The minimum Gasteiger partial charge on any atom is -0.506 e. The highest BCUT2D eigenvalue weighted by Gasteiger charge is 2.15. The predicted molar refractivity (Wildman–Crippen MR) is 58.9 cm³/mol. The summed E-state index contributed by atoms with van der Waals surface area (Å²) in [7, 11) is 0. The van der Waals surface area contributed by atoms with Crippen LogP contribution in [-0.4, -0.2) is 18.2 Å². The highest BCUT2D eigenvalue weighted by atomic mass is 16.3. The molecule has 1 aromatic carbocycles. The smallest absolute Gasteiger partial charge is 0.139 e. The highest BCUT2D eigenvalue weighted by Crippen LogP contribution is 2.30. The summed E-state index contributed by atoms with van der Waals surface area (Å²) in [4.78, 5) is 2.26. The van der Waals surface area contributed by atoms with E-state index in [0.717, 1.165) is 25.2 Å². The zero-order valence-electron chi connectivity index (χ0n) is 8.66. The Morgan fingerprint density at radius 1 is 1.29 bits per heavy atom. The molecule has 1 saturated heterocycles. The van der Waals surface area contributed by atoms with Crippen LogP contribution in [0.3, 0.4) is 0 Å². The van der Waals surface area contributed by atoms with Gasteiger partial charge in [-0.2, -0.15) is 0 Å². The molecule has 0 bridgehead atoms. The quantitative estimate of drug-likeness (QED) is 0.776. The topological polar surface area (TPSA) is 23.5 Å². The number of benzene rings is 1. The second-order valence-electron chi connectivity index (χ2n) is 3.87. The van der Waals surface area contributed by atoms with Crippen molar-refractivity contribution >= 4 is 5.69 Å². The van der Waals surface area contributed by atoms with Gasteiger partial charge in [-0.3, -0.25) is 0 Å². The summed E-state index contributed by atoms with van der Waals surface area (Å²) in [5.74, 6) is 0.436. The van der Waals surface area contributed by atoms with Gasteiger partial charge >= 0.3 is 0 Å². The van der Waals surface area contributed by atoms with Crippen molar-refractivity contribution in [2.75, 3.05) is 18.0 Å². The zero-order valence-corrected chi connectivity index (χ0v) is 8.66. The maximum absolute atomic E-state index is 9.84. The van der Waals surface area contributed by atoms with Gasteiger partial charge in [0, 0.05) is 13.1 Å². The van der Waals surface area contributed by atoms with E-state index < -0.39 is 0 Å². The molecule has 0 spiro atoms. The Bertz CT molecular complexity index is 316. The van der Waals surface area contributed by atoms with Crippen molar-refractivity contribution in [3.63, 3.8) is 0 Å². The molecule has 1 aliphatic rings. The number of hydrogen-bond acceptors (Lipinski definition) is 2. The van der Waals surface area contributed by atoms with Gasteiger partial charge in [0.2, 0.25) is 0 Å². The Morgan fingerprint density at radius 2 is 2.00 bits per heavy atom. The van der Waals surface area contributed by atoms with Gasteiger partial charge in [-0.25, -0.2) is 0 Å². The number of phenolic OH excluding ortho intramolecular Hbond substituents is 1. The number of phenols is 1. The van der Waals surface area contributed by atoms with Crippen molar-refractivity contribution in [1.29, 1.82) is 0 Å². The first-order valence-corrected chi connectivity index (χ1v) is 5.38. The van der Waals surface area contributed by atoms with Crippen molar-refractivity contribution in [2.45, 2.75) is 26.2 Å². The molecule has 0 radical (unpaired) electrons. The number of aryl methyl sites for hydroxylation is 1. The third kappa shape index (κ3) is 1.69. The molecule has 1 aromatic rings. The fourth-order valence-electron chi connectivity index (χ4n) is 2.01. The molecule has 0 unspecified atom stereocenters. The lowest BCUT2D eigenvalue weighted by molar-refractivity contribution is 0.474. The molecule has 0 atom stereocenters. The van der Waals surface area contributed by atoms with E-state index in [4.69, 9.17) is 0 Å². The van der Waals surface area contributed by atoms with Crippen LogP contribution >= 0.6 is 0 Å². The van der Waals surface area contributed by atoms with E-state index in [0.29, 0.717) is 5.75 Å². The molecule has 2 rings (SSSR count). The summed E-state index contributed by atoms with van der Waals surface area (Å²) in [6.45, 7) is 4.27. The van der Waals surface area contributed by atoms with Crippen molar-refractivity contribution < 1.29 is 5.11 Å². The van der Waals surface area contributed by atoms with Crippen LogP contribution in [0.15, 0.2) is 18.2 Å². The lowest BCUT2D eigenvalue weighted by Gasteiger charge is -2.19. The first-order chi connectivity index (χ1) is 6.81. The fraction of sp³-hybridized carbons (Fsp3) is 0.500. The minimum absolute atomic E-state index is 0.436. The van der Waals surface area contributed by atoms with Gasteiger partial charge in [0.15, 0.2) is 0 Å². The maximum atomic E-state index is 9.84. The fourth-order valence-corrected chi connectivity index (χ4v) is 2.01. The Hall–Kier alpha value is -1.18. The van der Waals surface area contributed by atoms with Crippen LogP contribution in [0.1, 0.15) is 25.3 Å². The molecule has 0 aliphatic carbocycles. The van der Waals surface area contributed by atoms with Gasteiger partial charge < -0.3 is 10.0 Å². The molecular formula is C12H17NO. The monoisotopic (exact) mass is 191 g/mol. The molecule has 0 aromatic heterocycles. The van der Waals surface area contributed by atoms with E-state index in [1.807, 2.05) is 12.1 Å². The van der Waals surface area contributed by atoms with Gasteiger partial charge in [0.25, 0.3) is 0 Å². The van der Waals surface area contributed by atoms with Gasteiger partial charge in [-0.15, -0.1) is 0 Å². The normalized spacial score (nSPS) is 16.2. The molecule has 0 amide bonds. The molecule has 14 heavy (non-hydrogen) atoms. The van der Waals surface area contributed by atoms with Gasteiger partial charge in [0.1, 0.15) is 5.75 Å². The number of nitrogens with zero attached hydrogens (tertiary/aromatic N) is 1. The molecule has 0 saturated carbocycles. The third-order valence-electron chi connectivity index (χ3n) is 2.89. The Balaban J connectivity index is 2.25. The van der Waals surface area contributed by atoms with Crippen LogP contribution < -0.4 is 4.90 Å².